The summed E-state index contributed by atoms with van der Waals surface area (Å²) in [7, 11) is 0. The van der Waals surface area contributed by atoms with Crippen molar-refractivity contribution < 1.29 is 0 Å². The minimum Gasteiger partial charge on any atom is -0.352 e. The van der Waals surface area contributed by atoms with Gasteiger partial charge in [-0.1, -0.05) is 24.9 Å². The topological polar surface area (TPSA) is 42.1 Å². The van der Waals surface area contributed by atoms with Crippen molar-refractivity contribution in [2.24, 2.45) is 5.73 Å². The number of anilines is 1. The van der Waals surface area contributed by atoms with E-state index >= 15 is 0 Å². The number of halogens is 1. The Kier molecular flexibility index (Phi) is 2.85. The van der Waals surface area contributed by atoms with Gasteiger partial charge in [-0.3, -0.25) is 0 Å². The monoisotopic (exact) mass is 225 g/mol. The van der Waals surface area contributed by atoms with Crippen LogP contribution in [-0.2, 0) is 0 Å². The molecule has 0 aromatic carbocycles. The van der Waals surface area contributed by atoms with Crippen molar-refractivity contribution in [3.63, 3.8) is 0 Å². The summed E-state index contributed by atoms with van der Waals surface area (Å²) in [5.74, 6) is 0.858. The van der Waals surface area contributed by atoms with Crippen LogP contribution in [0.15, 0.2) is 18.3 Å². The second kappa shape index (κ2) is 3.99. The summed E-state index contributed by atoms with van der Waals surface area (Å²) in [5, 5.41) is 0.705. The minimum absolute atomic E-state index is 0.0321. The van der Waals surface area contributed by atoms with Crippen LogP contribution in [0.25, 0.3) is 0 Å². The summed E-state index contributed by atoms with van der Waals surface area (Å²) in [5.41, 5.74) is 6.15. The van der Waals surface area contributed by atoms with E-state index in [1.54, 1.807) is 6.20 Å². The summed E-state index contributed by atoms with van der Waals surface area (Å²) in [6.07, 6.45) is 3.95. The zero-order valence-corrected chi connectivity index (χ0v) is 9.67. The van der Waals surface area contributed by atoms with Crippen LogP contribution >= 0.6 is 11.6 Å². The molecule has 82 valence electrons. The van der Waals surface area contributed by atoms with E-state index in [1.165, 1.54) is 0 Å². The van der Waals surface area contributed by atoms with Crippen LogP contribution in [0.1, 0.15) is 19.8 Å². The number of hydrogen-bond donors (Lipinski definition) is 1. The zero-order valence-electron chi connectivity index (χ0n) is 8.91. The van der Waals surface area contributed by atoms with Gasteiger partial charge in [-0.05, 0) is 18.6 Å². The molecule has 1 saturated heterocycles. The van der Waals surface area contributed by atoms with Crippen LogP contribution < -0.4 is 10.6 Å². The van der Waals surface area contributed by atoms with Crippen LogP contribution in [0.4, 0.5) is 5.82 Å². The van der Waals surface area contributed by atoms with E-state index in [2.05, 4.69) is 16.8 Å². The SMILES string of the molecule is CCCC1(N)CN(c2ncccc2Cl)C1. The molecule has 4 heteroatoms. The predicted octanol–water partition coefficient (Wildman–Crippen LogP) is 2.05. The molecular formula is C11H16ClN3. The highest BCUT2D eigenvalue weighted by Gasteiger charge is 2.39. The lowest BCUT2D eigenvalue weighted by Gasteiger charge is -2.48. The lowest BCUT2D eigenvalue weighted by atomic mass is 9.86. The average molecular weight is 226 g/mol. The molecule has 15 heavy (non-hydrogen) atoms. The van der Waals surface area contributed by atoms with Gasteiger partial charge in [0.1, 0.15) is 5.82 Å². The average Bonchev–Trinajstić information content (AvgIpc) is 2.15. The van der Waals surface area contributed by atoms with Gasteiger partial charge >= 0.3 is 0 Å². The largest absolute Gasteiger partial charge is 0.352 e. The summed E-state index contributed by atoms with van der Waals surface area (Å²) in [6.45, 7) is 3.88. The van der Waals surface area contributed by atoms with Gasteiger partial charge in [-0.15, -0.1) is 0 Å². The minimum atomic E-state index is -0.0321. The Morgan fingerprint density at radius 1 is 1.60 bits per heavy atom. The summed E-state index contributed by atoms with van der Waals surface area (Å²) in [4.78, 5) is 6.40. The van der Waals surface area contributed by atoms with Crippen LogP contribution in [-0.4, -0.2) is 23.6 Å². The fourth-order valence-electron chi connectivity index (χ4n) is 2.13. The van der Waals surface area contributed by atoms with Gasteiger partial charge in [-0.2, -0.15) is 0 Å². The predicted molar refractivity (Wildman–Crippen MR) is 63.3 cm³/mol. The maximum Gasteiger partial charge on any atom is 0.147 e. The van der Waals surface area contributed by atoms with E-state index < -0.39 is 0 Å². The molecule has 1 aromatic heterocycles. The molecule has 0 amide bonds. The molecule has 2 N–H and O–H groups in total. The Labute approximate surface area is 95.2 Å². The molecule has 2 rings (SSSR count). The Hall–Kier alpha value is -0.800. The van der Waals surface area contributed by atoms with Gasteiger partial charge < -0.3 is 10.6 Å². The molecule has 1 aliphatic rings. The standard InChI is InChI=1S/C11H16ClN3/c1-2-5-11(13)7-15(8-11)10-9(12)4-3-6-14-10/h3-4,6H,2,5,7-8,13H2,1H3. The van der Waals surface area contributed by atoms with Crippen LogP contribution in [0.5, 0.6) is 0 Å². The molecule has 0 aliphatic carbocycles. The molecule has 1 aromatic rings. The van der Waals surface area contributed by atoms with Crippen LogP contribution in [0, 0.1) is 0 Å². The normalized spacial score (nSPS) is 18.7. The molecule has 0 saturated carbocycles. The van der Waals surface area contributed by atoms with E-state index in [1.807, 2.05) is 12.1 Å². The summed E-state index contributed by atoms with van der Waals surface area (Å²) >= 11 is 6.06. The molecule has 0 bridgehead atoms. The molecule has 0 atom stereocenters. The first kappa shape index (κ1) is 10.7. The Balaban J connectivity index is 2.03. The Morgan fingerprint density at radius 3 is 2.93 bits per heavy atom. The van der Waals surface area contributed by atoms with Crippen molar-refractivity contribution in [3.8, 4) is 0 Å². The van der Waals surface area contributed by atoms with E-state index in [0.29, 0.717) is 5.02 Å². The third-order valence-electron chi connectivity index (χ3n) is 2.80. The zero-order chi connectivity index (χ0) is 10.9. The molecule has 1 fully saturated rings. The lowest BCUT2D eigenvalue weighted by Crippen LogP contribution is -2.67. The van der Waals surface area contributed by atoms with E-state index in [4.69, 9.17) is 17.3 Å². The highest BCUT2D eigenvalue weighted by atomic mass is 35.5. The van der Waals surface area contributed by atoms with Gasteiger partial charge in [0, 0.05) is 19.3 Å². The summed E-state index contributed by atoms with van der Waals surface area (Å²) < 4.78 is 0. The van der Waals surface area contributed by atoms with Gasteiger partial charge in [0.05, 0.1) is 10.6 Å². The molecular weight excluding hydrogens is 210 g/mol. The second-order valence-corrected chi connectivity index (χ2v) is 4.68. The van der Waals surface area contributed by atoms with Crippen molar-refractivity contribution in [2.75, 3.05) is 18.0 Å². The number of nitrogens with two attached hydrogens (primary N) is 1. The van der Waals surface area contributed by atoms with Gasteiger partial charge in [0.15, 0.2) is 0 Å². The maximum atomic E-state index is 6.18. The maximum absolute atomic E-state index is 6.18. The van der Waals surface area contributed by atoms with Crippen molar-refractivity contribution in [3.05, 3.63) is 23.4 Å². The Morgan fingerprint density at radius 2 is 2.33 bits per heavy atom. The van der Waals surface area contributed by atoms with E-state index in [9.17, 15) is 0 Å². The smallest absolute Gasteiger partial charge is 0.147 e. The first-order valence-electron chi connectivity index (χ1n) is 5.29. The number of rotatable bonds is 3. The number of nitrogens with zero attached hydrogens (tertiary/aromatic N) is 2. The quantitative estimate of drug-likeness (QED) is 0.856. The molecule has 3 nitrogen and oxygen atoms in total. The molecule has 1 aliphatic heterocycles. The molecule has 2 heterocycles. The number of pyridine rings is 1. The first-order chi connectivity index (χ1) is 7.14. The molecule has 0 spiro atoms. The van der Waals surface area contributed by atoms with Crippen molar-refractivity contribution in [1.29, 1.82) is 0 Å². The van der Waals surface area contributed by atoms with E-state index in [0.717, 1.165) is 31.7 Å². The highest BCUT2D eigenvalue weighted by Crippen LogP contribution is 2.31. The van der Waals surface area contributed by atoms with Crippen molar-refractivity contribution in [2.45, 2.75) is 25.3 Å². The fraction of sp³-hybridized carbons (Fsp3) is 0.545. The highest BCUT2D eigenvalue weighted by molar-refractivity contribution is 6.32. The fourth-order valence-corrected chi connectivity index (χ4v) is 2.37. The Bertz CT molecular complexity index is 347. The van der Waals surface area contributed by atoms with E-state index in [-0.39, 0.29) is 5.54 Å². The lowest BCUT2D eigenvalue weighted by molar-refractivity contribution is 0.306. The first-order valence-corrected chi connectivity index (χ1v) is 5.67. The van der Waals surface area contributed by atoms with Crippen molar-refractivity contribution in [1.82, 2.24) is 4.98 Å². The van der Waals surface area contributed by atoms with Crippen molar-refractivity contribution >= 4 is 17.4 Å². The second-order valence-electron chi connectivity index (χ2n) is 4.28. The molecule has 0 radical (unpaired) electrons. The van der Waals surface area contributed by atoms with Gasteiger partial charge in [0.2, 0.25) is 0 Å². The van der Waals surface area contributed by atoms with Crippen LogP contribution in [0.2, 0.25) is 5.02 Å². The summed E-state index contributed by atoms with van der Waals surface area (Å²) in [6, 6.07) is 3.70. The number of aromatic nitrogens is 1. The molecule has 0 unspecified atom stereocenters. The third-order valence-corrected chi connectivity index (χ3v) is 3.09. The van der Waals surface area contributed by atoms with Crippen LogP contribution in [0.3, 0.4) is 0 Å². The van der Waals surface area contributed by atoms with Gasteiger partial charge in [-0.25, -0.2) is 4.98 Å². The number of hydrogen-bond acceptors (Lipinski definition) is 3. The van der Waals surface area contributed by atoms with Gasteiger partial charge in [0.25, 0.3) is 0 Å². The third kappa shape index (κ3) is 2.08.